The average molecular weight is 318 g/mol. The van der Waals surface area contributed by atoms with Crippen LogP contribution in [0.2, 0.25) is 0 Å². The smallest absolute Gasteiger partial charge is 0.269 e. The highest BCUT2D eigenvalue weighted by Crippen LogP contribution is 2.16. The van der Waals surface area contributed by atoms with Crippen LogP contribution >= 0.6 is 0 Å². The van der Waals surface area contributed by atoms with Gasteiger partial charge in [-0.25, -0.2) is 0 Å². The van der Waals surface area contributed by atoms with Crippen LogP contribution in [0.5, 0.6) is 0 Å². The second-order valence-corrected chi connectivity index (χ2v) is 5.54. The third kappa shape index (κ3) is 4.91. The van der Waals surface area contributed by atoms with E-state index in [-0.39, 0.29) is 6.61 Å². The lowest BCUT2D eigenvalue weighted by atomic mass is 10.0. The van der Waals surface area contributed by atoms with Gasteiger partial charge >= 0.3 is 0 Å². The Kier molecular flexibility index (Phi) is 5.90. The minimum absolute atomic E-state index is 0.194. The van der Waals surface area contributed by atoms with Crippen LogP contribution < -0.4 is 10.9 Å². The van der Waals surface area contributed by atoms with Gasteiger partial charge in [-0.15, -0.1) is 0 Å². The average Bonchev–Trinajstić information content (AvgIpc) is 2.55. The molecular weight excluding hydrogens is 296 g/mol. The van der Waals surface area contributed by atoms with Crippen molar-refractivity contribution in [1.82, 2.24) is 10.9 Å². The molecule has 1 fully saturated rings. The Bertz CT molecular complexity index is 619. The van der Waals surface area contributed by atoms with Crippen molar-refractivity contribution in [3.05, 3.63) is 40.5 Å². The van der Waals surface area contributed by atoms with Crippen LogP contribution in [-0.4, -0.2) is 37.7 Å². The molecule has 6 heteroatoms. The first-order chi connectivity index (χ1) is 11.0. The van der Waals surface area contributed by atoms with Gasteiger partial charge in [0.1, 0.15) is 0 Å². The molecule has 2 rings (SSSR count). The van der Waals surface area contributed by atoms with Crippen molar-refractivity contribution < 1.29 is 19.1 Å². The van der Waals surface area contributed by atoms with E-state index >= 15 is 0 Å². The molecule has 0 aliphatic carbocycles. The highest BCUT2D eigenvalue weighted by Gasteiger charge is 2.22. The fraction of sp³-hybridized carbons (Fsp3) is 0.412. The number of aryl methyl sites for hydroxylation is 3. The van der Waals surface area contributed by atoms with Crippen LogP contribution in [0.15, 0.2) is 18.2 Å². The molecule has 0 radical (unpaired) electrons. The van der Waals surface area contributed by atoms with Crippen molar-refractivity contribution in [1.29, 1.82) is 0 Å². The zero-order chi connectivity index (χ0) is 16.8. The molecule has 6 nitrogen and oxygen atoms in total. The van der Waals surface area contributed by atoms with E-state index in [4.69, 9.17) is 9.47 Å². The lowest BCUT2D eigenvalue weighted by molar-refractivity contribution is -0.149. The number of hydrogen-bond acceptors (Lipinski definition) is 4. The maximum atomic E-state index is 11.8. The van der Waals surface area contributed by atoms with Crippen LogP contribution in [0.1, 0.15) is 22.3 Å². The molecule has 1 heterocycles. The summed E-state index contributed by atoms with van der Waals surface area (Å²) < 4.78 is 10.4. The maximum Gasteiger partial charge on any atom is 0.269 e. The number of nitrogens with one attached hydrogen (secondary N) is 2. The molecule has 1 saturated heterocycles. The summed E-state index contributed by atoms with van der Waals surface area (Å²) in [5, 5.41) is 0. The number of amides is 2. The molecule has 1 aromatic carbocycles. The van der Waals surface area contributed by atoms with Gasteiger partial charge in [-0.3, -0.25) is 20.4 Å². The second-order valence-electron chi connectivity index (χ2n) is 5.54. The third-order valence-electron chi connectivity index (χ3n) is 3.71. The summed E-state index contributed by atoms with van der Waals surface area (Å²) in [6, 6.07) is 4.11. The molecule has 2 N–H and O–H groups in total. The van der Waals surface area contributed by atoms with Crippen molar-refractivity contribution in [2.75, 3.05) is 19.8 Å². The summed E-state index contributed by atoms with van der Waals surface area (Å²) in [7, 11) is 0. The van der Waals surface area contributed by atoms with Crippen LogP contribution in [0, 0.1) is 20.8 Å². The first-order valence-corrected chi connectivity index (χ1v) is 7.52. The van der Waals surface area contributed by atoms with Gasteiger partial charge in [0.25, 0.3) is 11.8 Å². The first kappa shape index (κ1) is 17.2. The predicted molar refractivity (Wildman–Crippen MR) is 86.5 cm³/mol. The van der Waals surface area contributed by atoms with E-state index in [1.54, 1.807) is 6.08 Å². The summed E-state index contributed by atoms with van der Waals surface area (Å²) in [5.74, 6) is -0.832. The minimum Gasteiger partial charge on any atom is -0.376 e. The fourth-order valence-electron chi connectivity index (χ4n) is 2.21. The van der Waals surface area contributed by atoms with Crippen LogP contribution in [0.4, 0.5) is 0 Å². The van der Waals surface area contributed by atoms with Gasteiger partial charge in [0, 0.05) is 6.08 Å². The van der Waals surface area contributed by atoms with E-state index in [2.05, 4.69) is 23.8 Å². The molecule has 1 aliphatic heterocycles. The molecule has 0 bridgehead atoms. The SMILES string of the molecule is Cc1cc(C)c(C=CC(=O)NNC(=O)C2COCCO2)cc1C. The summed E-state index contributed by atoms with van der Waals surface area (Å²) in [6.07, 6.45) is 2.43. The van der Waals surface area contributed by atoms with Gasteiger partial charge in [0.05, 0.1) is 19.8 Å². The number of benzene rings is 1. The Balaban J connectivity index is 1.87. The molecule has 23 heavy (non-hydrogen) atoms. The summed E-state index contributed by atoms with van der Waals surface area (Å²) in [4.78, 5) is 23.5. The van der Waals surface area contributed by atoms with Gasteiger partial charge in [-0.1, -0.05) is 12.1 Å². The maximum absolute atomic E-state index is 11.8. The van der Waals surface area contributed by atoms with Crippen molar-refractivity contribution in [3.63, 3.8) is 0 Å². The number of hydrazine groups is 1. The second kappa shape index (κ2) is 7.89. The summed E-state index contributed by atoms with van der Waals surface area (Å²) in [6.45, 7) is 7.12. The molecule has 2 amide bonds. The Morgan fingerprint density at radius 2 is 1.83 bits per heavy atom. The zero-order valence-electron chi connectivity index (χ0n) is 13.6. The van der Waals surface area contributed by atoms with Gasteiger partial charge in [-0.05, 0) is 49.1 Å². The van der Waals surface area contributed by atoms with Crippen molar-refractivity contribution in [2.24, 2.45) is 0 Å². The van der Waals surface area contributed by atoms with Gasteiger partial charge in [0.15, 0.2) is 6.10 Å². The molecular formula is C17H22N2O4. The van der Waals surface area contributed by atoms with Crippen molar-refractivity contribution in [2.45, 2.75) is 26.9 Å². The van der Waals surface area contributed by atoms with E-state index in [0.717, 1.165) is 11.1 Å². The quantitative estimate of drug-likeness (QED) is 0.648. The van der Waals surface area contributed by atoms with Crippen LogP contribution in [0.3, 0.4) is 0 Å². The number of carbonyl (C=O) groups is 2. The molecule has 1 aromatic rings. The molecule has 1 atom stereocenters. The fourth-order valence-corrected chi connectivity index (χ4v) is 2.21. The van der Waals surface area contributed by atoms with E-state index in [1.807, 2.05) is 19.9 Å². The molecule has 1 aliphatic rings. The number of hydrogen-bond donors (Lipinski definition) is 2. The van der Waals surface area contributed by atoms with Crippen molar-refractivity contribution in [3.8, 4) is 0 Å². The Labute approximate surface area is 135 Å². The van der Waals surface area contributed by atoms with Crippen LogP contribution in [-0.2, 0) is 19.1 Å². The van der Waals surface area contributed by atoms with Gasteiger partial charge in [0.2, 0.25) is 0 Å². The minimum atomic E-state index is -0.685. The van der Waals surface area contributed by atoms with E-state index in [1.165, 1.54) is 17.2 Å². The largest absolute Gasteiger partial charge is 0.376 e. The number of rotatable bonds is 3. The number of ether oxygens (including phenoxy) is 2. The van der Waals surface area contributed by atoms with E-state index in [9.17, 15) is 9.59 Å². The van der Waals surface area contributed by atoms with Gasteiger partial charge in [-0.2, -0.15) is 0 Å². The zero-order valence-corrected chi connectivity index (χ0v) is 13.6. The molecule has 124 valence electrons. The molecule has 0 aromatic heterocycles. The lowest BCUT2D eigenvalue weighted by Crippen LogP contribution is -2.49. The normalized spacial score (nSPS) is 18.0. The highest BCUT2D eigenvalue weighted by molar-refractivity contribution is 5.93. The summed E-state index contributed by atoms with van der Waals surface area (Å²) in [5.41, 5.74) is 9.11. The third-order valence-corrected chi connectivity index (χ3v) is 3.71. The number of carbonyl (C=O) groups excluding carboxylic acids is 2. The van der Waals surface area contributed by atoms with Crippen molar-refractivity contribution >= 4 is 17.9 Å². The Hall–Kier alpha value is -2.18. The predicted octanol–water partition coefficient (Wildman–Crippen LogP) is 1.19. The van der Waals surface area contributed by atoms with E-state index in [0.29, 0.717) is 13.2 Å². The molecule has 0 saturated carbocycles. The Morgan fingerprint density at radius 3 is 2.52 bits per heavy atom. The first-order valence-electron chi connectivity index (χ1n) is 7.52. The monoisotopic (exact) mass is 318 g/mol. The van der Waals surface area contributed by atoms with E-state index < -0.39 is 17.9 Å². The van der Waals surface area contributed by atoms with Crippen LogP contribution in [0.25, 0.3) is 6.08 Å². The lowest BCUT2D eigenvalue weighted by Gasteiger charge is -2.21. The summed E-state index contributed by atoms with van der Waals surface area (Å²) >= 11 is 0. The van der Waals surface area contributed by atoms with Gasteiger partial charge < -0.3 is 9.47 Å². The molecule has 1 unspecified atom stereocenters. The topological polar surface area (TPSA) is 76.7 Å². The Morgan fingerprint density at radius 1 is 1.09 bits per heavy atom. The molecule has 0 spiro atoms. The standard InChI is InChI=1S/C17H22N2O4/c1-11-8-13(3)14(9-12(11)2)4-5-16(20)18-19-17(21)15-10-22-6-7-23-15/h4-5,8-9,15H,6-7,10H2,1-3H3,(H,18,20)(H,19,21). The highest BCUT2D eigenvalue weighted by atomic mass is 16.6.